The largest absolute Gasteiger partial charge is 0.349 e. The fraction of sp³-hybridized carbons (Fsp3) is 0.350. The zero-order valence-corrected chi connectivity index (χ0v) is 16.5. The Bertz CT molecular complexity index is 829. The second kappa shape index (κ2) is 8.72. The minimum Gasteiger partial charge on any atom is -0.349 e. The van der Waals surface area contributed by atoms with Gasteiger partial charge in [-0.15, -0.1) is 0 Å². The molecule has 0 spiro atoms. The van der Waals surface area contributed by atoms with Crippen LogP contribution in [0.25, 0.3) is 0 Å². The van der Waals surface area contributed by atoms with E-state index in [0.29, 0.717) is 28.7 Å². The van der Waals surface area contributed by atoms with Crippen molar-refractivity contribution >= 4 is 35.0 Å². The summed E-state index contributed by atoms with van der Waals surface area (Å²) in [7, 11) is 0. The molecule has 1 aliphatic rings. The number of likely N-dealkylation sites (tertiary alicyclic amines) is 1. The van der Waals surface area contributed by atoms with E-state index >= 15 is 0 Å². The molecule has 2 amide bonds. The van der Waals surface area contributed by atoms with Gasteiger partial charge in [0.1, 0.15) is 0 Å². The summed E-state index contributed by atoms with van der Waals surface area (Å²) in [6.45, 7) is 2.96. The van der Waals surface area contributed by atoms with Crippen LogP contribution in [0.15, 0.2) is 42.7 Å². The number of halogens is 2. The maximum atomic E-state index is 12.8. The molecule has 142 valence electrons. The van der Waals surface area contributed by atoms with Gasteiger partial charge < -0.3 is 10.2 Å². The molecular weight excluding hydrogens is 385 g/mol. The van der Waals surface area contributed by atoms with Gasteiger partial charge in [-0.1, -0.05) is 23.2 Å². The Morgan fingerprint density at radius 2 is 1.93 bits per heavy atom. The summed E-state index contributed by atoms with van der Waals surface area (Å²) in [5, 5.41) is 3.80. The van der Waals surface area contributed by atoms with Gasteiger partial charge in [-0.05, 0) is 55.7 Å². The SMILES string of the molecule is CC(NC(=O)C1CCCN(C(=O)c2ccc(Cl)c(Cl)c2)C1)c1ccncc1. The summed E-state index contributed by atoms with van der Waals surface area (Å²) in [6, 6.07) is 8.49. The van der Waals surface area contributed by atoms with Crippen molar-refractivity contribution in [2.45, 2.75) is 25.8 Å². The van der Waals surface area contributed by atoms with E-state index < -0.39 is 0 Å². The molecule has 0 aliphatic carbocycles. The zero-order chi connectivity index (χ0) is 19.4. The van der Waals surface area contributed by atoms with E-state index in [9.17, 15) is 9.59 Å². The molecule has 1 fully saturated rings. The highest BCUT2D eigenvalue weighted by molar-refractivity contribution is 6.42. The fourth-order valence-corrected chi connectivity index (χ4v) is 3.55. The Hall–Kier alpha value is -2.11. The third-order valence-corrected chi connectivity index (χ3v) is 5.55. The Morgan fingerprint density at radius 3 is 2.63 bits per heavy atom. The van der Waals surface area contributed by atoms with Gasteiger partial charge in [-0.2, -0.15) is 0 Å². The van der Waals surface area contributed by atoms with E-state index in [0.717, 1.165) is 18.4 Å². The highest BCUT2D eigenvalue weighted by Crippen LogP contribution is 2.25. The topological polar surface area (TPSA) is 62.3 Å². The van der Waals surface area contributed by atoms with Gasteiger partial charge in [-0.25, -0.2) is 0 Å². The van der Waals surface area contributed by atoms with Gasteiger partial charge in [0.15, 0.2) is 0 Å². The summed E-state index contributed by atoms with van der Waals surface area (Å²) in [6.07, 6.45) is 4.96. The van der Waals surface area contributed by atoms with Crippen LogP contribution in [0, 0.1) is 5.92 Å². The minimum absolute atomic E-state index is 0.0362. The maximum Gasteiger partial charge on any atom is 0.253 e. The summed E-state index contributed by atoms with van der Waals surface area (Å²) in [5.41, 5.74) is 1.48. The first-order valence-corrected chi connectivity index (χ1v) is 9.66. The number of hydrogen-bond donors (Lipinski definition) is 1. The summed E-state index contributed by atoms with van der Waals surface area (Å²) in [5.74, 6) is -0.394. The van der Waals surface area contributed by atoms with Crippen molar-refractivity contribution in [1.82, 2.24) is 15.2 Å². The smallest absolute Gasteiger partial charge is 0.253 e. The molecule has 2 aromatic rings. The lowest BCUT2D eigenvalue weighted by Crippen LogP contribution is -2.45. The lowest BCUT2D eigenvalue weighted by atomic mass is 9.95. The molecule has 7 heteroatoms. The molecule has 1 aliphatic heterocycles. The second-order valence-corrected chi connectivity index (χ2v) is 7.54. The number of nitrogens with one attached hydrogen (secondary N) is 1. The number of hydrogen-bond acceptors (Lipinski definition) is 3. The van der Waals surface area contributed by atoms with Crippen LogP contribution in [0.1, 0.15) is 41.7 Å². The molecule has 1 saturated heterocycles. The lowest BCUT2D eigenvalue weighted by molar-refractivity contribution is -0.127. The van der Waals surface area contributed by atoms with Gasteiger partial charge in [-0.3, -0.25) is 14.6 Å². The third-order valence-electron chi connectivity index (χ3n) is 4.81. The summed E-state index contributed by atoms with van der Waals surface area (Å²) in [4.78, 5) is 31.1. The van der Waals surface area contributed by atoms with E-state index in [1.807, 2.05) is 19.1 Å². The molecular formula is C20H21Cl2N3O2. The van der Waals surface area contributed by atoms with E-state index in [1.165, 1.54) is 0 Å². The van der Waals surface area contributed by atoms with Crippen LogP contribution in [0.3, 0.4) is 0 Å². The molecule has 5 nitrogen and oxygen atoms in total. The van der Waals surface area contributed by atoms with E-state index in [-0.39, 0.29) is 23.8 Å². The van der Waals surface area contributed by atoms with Crippen LogP contribution in [0.4, 0.5) is 0 Å². The molecule has 3 rings (SSSR count). The predicted octanol–water partition coefficient (Wildman–Crippen LogP) is 4.12. The first-order chi connectivity index (χ1) is 13.0. The van der Waals surface area contributed by atoms with Crippen LogP contribution >= 0.6 is 23.2 Å². The van der Waals surface area contributed by atoms with Crippen LogP contribution in [0.5, 0.6) is 0 Å². The normalized spacial score (nSPS) is 18.0. The van der Waals surface area contributed by atoms with Gasteiger partial charge in [0.2, 0.25) is 5.91 Å². The summed E-state index contributed by atoms with van der Waals surface area (Å²) < 4.78 is 0. The van der Waals surface area contributed by atoms with Crippen molar-refractivity contribution in [2.75, 3.05) is 13.1 Å². The van der Waals surface area contributed by atoms with Gasteiger partial charge in [0.25, 0.3) is 5.91 Å². The number of carbonyl (C=O) groups is 2. The quantitative estimate of drug-likeness (QED) is 0.831. The Morgan fingerprint density at radius 1 is 1.19 bits per heavy atom. The molecule has 2 atom stereocenters. The van der Waals surface area contributed by atoms with Crippen LogP contribution < -0.4 is 5.32 Å². The standard InChI is InChI=1S/C20H21Cl2N3O2/c1-13(14-6-8-23-9-7-14)24-19(26)16-3-2-10-25(12-16)20(27)15-4-5-17(21)18(22)11-15/h4-9,11,13,16H,2-3,10,12H2,1H3,(H,24,26). The molecule has 1 aromatic carbocycles. The average Bonchev–Trinajstić information content (AvgIpc) is 2.70. The predicted molar refractivity (Wildman–Crippen MR) is 106 cm³/mol. The van der Waals surface area contributed by atoms with Crippen molar-refractivity contribution in [3.8, 4) is 0 Å². The van der Waals surface area contributed by atoms with Crippen LogP contribution in [-0.4, -0.2) is 34.8 Å². The first kappa shape index (κ1) is 19.6. The minimum atomic E-state index is -0.227. The van der Waals surface area contributed by atoms with Gasteiger partial charge >= 0.3 is 0 Å². The Labute approximate surface area is 168 Å². The summed E-state index contributed by atoms with van der Waals surface area (Å²) >= 11 is 11.9. The number of amides is 2. The van der Waals surface area contributed by atoms with Crippen molar-refractivity contribution in [3.05, 3.63) is 63.9 Å². The molecule has 0 radical (unpaired) electrons. The average molecular weight is 406 g/mol. The number of aromatic nitrogens is 1. The molecule has 2 heterocycles. The lowest BCUT2D eigenvalue weighted by Gasteiger charge is -2.32. The van der Waals surface area contributed by atoms with Crippen LogP contribution in [-0.2, 0) is 4.79 Å². The first-order valence-electron chi connectivity index (χ1n) is 8.90. The fourth-order valence-electron chi connectivity index (χ4n) is 3.25. The van der Waals surface area contributed by atoms with Crippen LogP contribution in [0.2, 0.25) is 10.0 Å². The Kier molecular flexibility index (Phi) is 6.34. The highest BCUT2D eigenvalue weighted by atomic mass is 35.5. The molecule has 2 unspecified atom stereocenters. The number of pyridine rings is 1. The molecule has 27 heavy (non-hydrogen) atoms. The number of nitrogens with zero attached hydrogens (tertiary/aromatic N) is 2. The zero-order valence-electron chi connectivity index (χ0n) is 15.0. The van der Waals surface area contributed by atoms with Crippen molar-refractivity contribution in [2.24, 2.45) is 5.92 Å². The monoisotopic (exact) mass is 405 g/mol. The maximum absolute atomic E-state index is 12.8. The second-order valence-electron chi connectivity index (χ2n) is 6.73. The van der Waals surface area contributed by atoms with E-state index in [1.54, 1.807) is 35.5 Å². The van der Waals surface area contributed by atoms with Gasteiger partial charge in [0, 0.05) is 31.0 Å². The van der Waals surface area contributed by atoms with Crippen molar-refractivity contribution in [3.63, 3.8) is 0 Å². The number of benzene rings is 1. The van der Waals surface area contributed by atoms with E-state index in [2.05, 4.69) is 10.3 Å². The molecule has 0 saturated carbocycles. The number of carbonyl (C=O) groups excluding carboxylic acids is 2. The number of piperidine rings is 1. The molecule has 0 bridgehead atoms. The van der Waals surface area contributed by atoms with Crippen molar-refractivity contribution < 1.29 is 9.59 Å². The molecule has 1 aromatic heterocycles. The highest BCUT2D eigenvalue weighted by Gasteiger charge is 2.29. The Balaban J connectivity index is 1.63. The van der Waals surface area contributed by atoms with Crippen molar-refractivity contribution in [1.29, 1.82) is 0 Å². The van der Waals surface area contributed by atoms with Gasteiger partial charge in [0.05, 0.1) is 22.0 Å². The molecule has 1 N–H and O–H groups in total. The third kappa shape index (κ3) is 4.79. The number of rotatable bonds is 4. The van der Waals surface area contributed by atoms with E-state index in [4.69, 9.17) is 23.2 Å².